The molecule has 0 aliphatic carbocycles. The minimum absolute atomic E-state index is 0.324. The van der Waals surface area contributed by atoms with E-state index in [4.69, 9.17) is 21.1 Å². The Balaban J connectivity index is 2.15. The summed E-state index contributed by atoms with van der Waals surface area (Å²) in [4.78, 5) is 3.93. The minimum atomic E-state index is 0.324. The summed E-state index contributed by atoms with van der Waals surface area (Å²) in [6, 6.07) is 3.77. The standard InChI is InChI=1S/C12H10ClN3O2/c1-7-4-9-10(18-3-2-17-9)5-8(7)11-12(13)14-6-15-16-11/h4-6H,2-3H2,1H3. The molecule has 3 rings (SSSR count). The van der Waals surface area contributed by atoms with E-state index in [2.05, 4.69) is 15.2 Å². The van der Waals surface area contributed by atoms with Gasteiger partial charge in [-0.25, -0.2) is 4.98 Å². The van der Waals surface area contributed by atoms with E-state index in [-0.39, 0.29) is 0 Å². The minimum Gasteiger partial charge on any atom is -0.486 e. The van der Waals surface area contributed by atoms with E-state index in [1.807, 2.05) is 19.1 Å². The van der Waals surface area contributed by atoms with E-state index in [9.17, 15) is 0 Å². The molecule has 0 spiro atoms. The van der Waals surface area contributed by atoms with E-state index in [1.165, 1.54) is 6.33 Å². The summed E-state index contributed by atoms with van der Waals surface area (Å²) in [7, 11) is 0. The van der Waals surface area contributed by atoms with Crippen LogP contribution in [0.25, 0.3) is 11.3 Å². The zero-order valence-corrected chi connectivity index (χ0v) is 10.4. The first-order valence-corrected chi connectivity index (χ1v) is 5.87. The number of nitrogens with zero attached hydrogens (tertiary/aromatic N) is 3. The van der Waals surface area contributed by atoms with Gasteiger partial charge in [0.25, 0.3) is 0 Å². The summed E-state index contributed by atoms with van der Waals surface area (Å²) < 4.78 is 11.1. The zero-order chi connectivity index (χ0) is 12.5. The Kier molecular flexibility index (Phi) is 2.76. The average molecular weight is 264 g/mol. The van der Waals surface area contributed by atoms with E-state index in [1.54, 1.807) is 0 Å². The first-order chi connectivity index (χ1) is 8.75. The van der Waals surface area contributed by atoms with Crippen molar-refractivity contribution in [3.05, 3.63) is 29.2 Å². The number of hydrogen-bond donors (Lipinski definition) is 0. The van der Waals surface area contributed by atoms with Crippen molar-refractivity contribution in [2.75, 3.05) is 13.2 Å². The van der Waals surface area contributed by atoms with Crippen LogP contribution in [0.1, 0.15) is 5.56 Å². The number of aryl methyl sites for hydroxylation is 1. The maximum Gasteiger partial charge on any atom is 0.162 e. The summed E-state index contributed by atoms with van der Waals surface area (Å²) in [5.41, 5.74) is 2.39. The molecule has 0 amide bonds. The monoisotopic (exact) mass is 263 g/mol. The number of aromatic nitrogens is 3. The molecule has 2 aromatic rings. The summed E-state index contributed by atoms with van der Waals surface area (Å²) in [5, 5.41) is 8.10. The lowest BCUT2D eigenvalue weighted by atomic mass is 10.0. The molecule has 0 N–H and O–H groups in total. The molecule has 0 saturated carbocycles. The zero-order valence-electron chi connectivity index (χ0n) is 9.68. The van der Waals surface area contributed by atoms with Crippen molar-refractivity contribution >= 4 is 11.6 Å². The van der Waals surface area contributed by atoms with Crippen LogP contribution in [-0.4, -0.2) is 28.4 Å². The van der Waals surface area contributed by atoms with Gasteiger partial charge in [0.15, 0.2) is 16.7 Å². The molecule has 6 heteroatoms. The van der Waals surface area contributed by atoms with Crippen LogP contribution < -0.4 is 9.47 Å². The van der Waals surface area contributed by atoms with Crippen LogP contribution in [-0.2, 0) is 0 Å². The van der Waals surface area contributed by atoms with Crippen molar-refractivity contribution in [3.63, 3.8) is 0 Å². The molecule has 1 aliphatic heterocycles. The predicted molar refractivity (Wildman–Crippen MR) is 66.0 cm³/mol. The average Bonchev–Trinajstić information content (AvgIpc) is 2.39. The van der Waals surface area contributed by atoms with Crippen LogP contribution >= 0.6 is 11.6 Å². The Labute approximate surface area is 109 Å². The van der Waals surface area contributed by atoms with Crippen molar-refractivity contribution in [2.24, 2.45) is 0 Å². The third kappa shape index (κ3) is 1.86. The number of hydrogen-bond acceptors (Lipinski definition) is 5. The van der Waals surface area contributed by atoms with Gasteiger partial charge >= 0.3 is 0 Å². The van der Waals surface area contributed by atoms with Crippen molar-refractivity contribution in [3.8, 4) is 22.8 Å². The number of rotatable bonds is 1. The summed E-state index contributed by atoms with van der Waals surface area (Å²) in [5.74, 6) is 1.44. The molecule has 0 atom stereocenters. The molecule has 0 saturated heterocycles. The van der Waals surface area contributed by atoms with Crippen LogP contribution in [0.5, 0.6) is 11.5 Å². The summed E-state index contributed by atoms with van der Waals surface area (Å²) in [6.45, 7) is 3.07. The second-order valence-electron chi connectivity index (χ2n) is 3.91. The normalized spacial score (nSPS) is 13.4. The Morgan fingerprint density at radius 2 is 1.89 bits per heavy atom. The smallest absolute Gasteiger partial charge is 0.162 e. The molecule has 92 valence electrons. The first-order valence-electron chi connectivity index (χ1n) is 5.49. The second kappa shape index (κ2) is 4.42. The largest absolute Gasteiger partial charge is 0.486 e. The molecular weight excluding hydrogens is 254 g/mol. The summed E-state index contributed by atoms with van der Waals surface area (Å²) in [6.07, 6.45) is 1.32. The fourth-order valence-corrected chi connectivity index (χ4v) is 2.06. The van der Waals surface area contributed by atoms with Crippen molar-refractivity contribution in [1.29, 1.82) is 0 Å². The van der Waals surface area contributed by atoms with Crippen LogP contribution in [0.15, 0.2) is 18.5 Å². The second-order valence-corrected chi connectivity index (χ2v) is 4.27. The highest BCUT2D eigenvalue weighted by molar-refractivity contribution is 6.31. The van der Waals surface area contributed by atoms with Gasteiger partial charge in [-0.15, -0.1) is 10.2 Å². The molecule has 1 aromatic heterocycles. The van der Waals surface area contributed by atoms with Gasteiger partial charge in [-0.3, -0.25) is 0 Å². The van der Waals surface area contributed by atoms with E-state index in [0.717, 1.165) is 16.9 Å². The number of halogens is 1. The lowest BCUT2D eigenvalue weighted by molar-refractivity contribution is 0.171. The van der Waals surface area contributed by atoms with Gasteiger partial charge in [0.1, 0.15) is 25.2 Å². The lowest BCUT2D eigenvalue weighted by Crippen LogP contribution is -2.15. The van der Waals surface area contributed by atoms with E-state index >= 15 is 0 Å². The fraction of sp³-hybridized carbons (Fsp3) is 0.250. The van der Waals surface area contributed by atoms with Crippen LogP contribution in [0.4, 0.5) is 0 Å². The topological polar surface area (TPSA) is 57.1 Å². The molecule has 1 aliphatic rings. The number of ether oxygens (including phenoxy) is 2. The van der Waals surface area contributed by atoms with Crippen LogP contribution in [0, 0.1) is 6.92 Å². The quantitative estimate of drug-likeness (QED) is 0.790. The molecule has 5 nitrogen and oxygen atoms in total. The van der Waals surface area contributed by atoms with Gasteiger partial charge in [-0.1, -0.05) is 11.6 Å². The van der Waals surface area contributed by atoms with Gasteiger partial charge in [-0.2, -0.15) is 0 Å². The first kappa shape index (κ1) is 11.2. The number of benzene rings is 1. The Bertz CT molecular complexity index is 604. The van der Waals surface area contributed by atoms with Gasteiger partial charge in [0.05, 0.1) is 0 Å². The van der Waals surface area contributed by atoms with Crippen LogP contribution in [0.3, 0.4) is 0 Å². The Hall–Kier alpha value is -1.88. The maximum absolute atomic E-state index is 6.03. The third-order valence-electron chi connectivity index (χ3n) is 2.72. The van der Waals surface area contributed by atoms with Gasteiger partial charge in [-0.05, 0) is 24.6 Å². The fourth-order valence-electron chi connectivity index (χ4n) is 1.87. The van der Waals surface area contributed by atoms with Crippen molar-refractivity contribution in [1.82, 2.24) is 15.2 Å². The highest BCUT2D eigenvalue weighted by atomic mass is 35.5. The van der Waals surface area contributed by atoms with E-state index < -0.39 is 0 Å². The molecule has 0 unspecified atom stereocenters. The number of fused-ring (bicyclic) bond motifs is 1. The van der Waals surface area contributed by atoms with Crippen molar-refractivity contribution < 1.29 is 9.47 Å². The van der Waals surface area contributed by atoms with Crippen LogP contribution in [0.2, 0.25) is 5.15 Å². The highest BCUT2D eigenvalue weighted by Crippen LogP contribution is 2.37. The van der Waals surface area contributed by atoms with Gasteiger partial charge in [0, 0.05) is 5.56 Å². The Morgan fingerprint density at radius 1 is 1.17 bits per heavy atom. The SMILES string of the molecule is Cc1cc2c(cc1-c1nncnc1Cl)OCCO2. The molecule has 0 fully saturated rings. The van der Waals surface area contributed by atoms with Crippen molar-refractivity contribution in [2.45, 2.75) is 6.92 Å². The van der Waals surface area contributed by atoms with Gasteiger partial charge < -0.3 is 9.47 Å². The third-order valence-corrected chi connectivity index (χ3v) is 3.00. The highest BCUT2D eigenvalue weighted by Gasteiger charge is 2.17. The Morgan fingerprint density at radius 3 is 2.61 bits per heavy atom. The molecule has 2 heterocycles. The lowest BCUT2D eigenvalue weighted by Gasteiger charge is -2.20. The molecular formula is C12H10ClN3O2. The molecule has 0 bridgehead atoms. The van der Waals surface area contributed by atoms with E-state index in [0.29, 0.717) is 29.8 Å². The molecule has 18 heavy (non-hydrogen) atoms. The van der Waals surface area contributed by atoms with Gasteiger partial charge in [0.2, 0.25) is 0 Å². The summed E-state index contributed by atoms with van der Waals surface area (Å²) >= 11 is 6.03. The predicted octanol–water partition coefficient (Wildman–Crippen LogP) is 2.27. The molecule has 0 radical (unpaired) electrons. The molecule has 1 aromatic carbocycles. The maximum atomic E-state index is 6.03.